The van der Waals surface area contributed by atoms with Crippen LogP contribution in [0.4, 0.5) is 5.69 Å². The number of amides is 1. The summed E-state index contributed by atoms with van der Waals surface area (Å²) in [7, 11) is 0. The number of nitrogens with one attached hydrogen (secondary N) is 1. The van der Waals surface area contributed by atoms with Crippen molar-refractivity contribution < 1.29 is 19.1 Å². The van der Waals surface area contributed by atoms with Crippen molar-refractivity contribution in [2.24, 2.45) is 5.41 Å². The second-order valence-corrected chi connectivity index (χ2v) is 8.45. The van der Waals surface area contributed by atoms with E-state index in [2.05, 4.69) is 5.32 Å². The molecule has 1 N–H and O–H groups in total. The van der Waals surface area contributed by atoms with Gasteiger partial charge in [-0.15, -0.1) is 11.8 Å². The van der Waals surface area contributed by atoms with Crippen molar-refractivity contribution >= 4 is 35.1 Å². The van der Waals surface area contributed by atoms with Crippen LogP contribution in [-0.4, -0.2) is 30.0 Å². The highest BCUT2D eigenvalue weighted by molar-refractivity contribution is 7.99. The summed E-state index contributed by atoms with van der Waals surface area (Å²) in [4.78, 5) is 37.0. The molecule has 0 saturated carbocycles. The zero-order valence-corrected chi connectivity index (χ0v) is 17.2. The molecule has 148 valence electrons. The number of benzene rings is 2. The number of thioether (sulfide) groups is 1. The van der Waals surface area contributed by atoms with Crippen LogP contribution in [0, 0.1) is 5.41 Å². The Morgan fingerprint density at radius 3 is 2.21 bits per heavy atom. The van der Waals surface area contributed by atoms with E-state index in [1.165, 1.54) is 0 Å². The molecule has 0 fully saturated rings. The number of carbonyl (C=O) groups excluding carboxylic acids is 3. The summed E-state index contributed by atoms with van der Waals surface area (Å²) < 4.78 is 5.06. The number of anilines is 1. The van der Waals surface area contributed by atoms with Crippen molar-refractivity contribution in [3.63, 3.8) is 0 Å². The van der Waals surface area contributed by atoms with E-state index in [0.29, 0.717) is 17.0 Å². The van der Waals surface area contributed by atoms with Crippen LogP contribution in [0.25, 0.3) is 0 Å². The van der Waals surface area contributed by atoms with Crippen LogP contribution in [0.15, 0.2) is 59.5 Å². The Kier molecular flexibility index (Phi) is 7.81. The summed E-state index contributed by atoms with van der Waals surface area (Å²) in [5.41, 5.74) is 0.549. The smallest absolute Gasteiger partial charge is 0.307 e. The highest BCUT2D eigenvalue weighted by Gasteiger charge is 2.21. The van der Waals surface area contributed by atoms with Crippen LogP contribution >= 0.6 is 11.8 Å². The minimum atomic E-state index is -0.499. The predicted octanol–water partition coefficient (Wildman–Crippen LogP) is 4.58. The number of hydrogen-bond acceptors (Lipinski definition) is 5. The third kappa shape index (κ3) is 7.19. The van der Waals surface area contributed by atoms with Crippen molar-refractivity contribution in [1.82, 2.24) is 0 Å². The van der Waals surface area contributed by atoms with E-state index < -0.39 is 11.4 Å². The summed E-state index contributed by atoms with van der Waals surface area (Å²) in [6.07, 6.45) is 0.241. The third-order valence-corrected chi connectivity index (χ3v) is 4.84. The van der Waals surface area contributed by atoms with E-state index in [4.69, 9.17) is 4.74 Å². The normalized spacial score (nSPS) is 11.0. The summed E-state index contributed by atoms with van der Waals surface area (Å²) >= 11 is 1.57. The molecule has 0 aliphatic carbocycles. The minimum absolute atomic E-state index is 0.103. The van der Waals surface area contributed by atoms with Gasteiger partial charge in [-0.1, -0.05) is 39.0 Å². The van der Waals surface area contributed by atoms with Crippen molar-refractivity contribution in [3.05, 3.63) is 60.2 Å². The maximum Gasteiger partial charge on any atom is 0.307 e. The van der Waals surface area contributed by atoms with Gasteiger partial charge in [0, 0.05) is 27.3 Å². The van der Waals surface area contributed by atoms with Gasteiger partial charge in [0.05, 0.1) is 6.42 Å². The van der Waals surface area contributed by atoms with E-state index in [0.717, 1.165) is 4.90 Å². The SMILES string of the molecule is CC(C)(C)C(=O)Nc1ccc(C(=O)COC(=O)CCSc2ccccc2)cc1. The van der Waals surface area contributed by atoms with E-state index in [1.54, 1.807) is 36.0 Å². The van der Waals surface area contributed by atoms with E-state index in [-0.39, 0.29) is 24.7 Å². The summed E-state index contributed by atoms with van der Waals surface area (Å²) in [5, 5.41) is 2.80. The fourth-order valence-electron chi connectivity index (χ4n) is 2.13. The number of Topliss-reactive ketones (excluding diaryl/α,β-unsaturated/α-hetero) is 1. The van der Waals surface area contributed by atoms with Crippen LogP contribution in [0.2, 0.25) is 0 Å². The summed E-state index contributed by atoms with van der Waals surface area (Å²) in [5.74, 6) is -0.184. The fourth-order valence-corrected chi connectivity index (χ4v) is 2.98. The number of carbonyl (C=O) groups is 3. The van der Waals surface area contributed by atoms with Crippen LogP contribution < -0.4 is 5.32 Å². The van der Waals surface area contributed by atoms with Crippen molar-refractivity contribution in [2.75, 3.05) is 17.7 Å². The van der Waals surface area contributed by atoms with E-state index >= 15 is 0 Å². The number of esters is 1. The molecular weight excluding hydrogens is 374 g/mol. The first-order valence-corrected chi connectivity index (χ1v) is 10.0. The monoisotopic (exact) mass is 399 g/mol. The minimum Gasteiger partial charge on any atom is -0.457 e. The van der Waals surface area contributed by atoms with Crippen molar-refractivity contribution in [2.45, 2.75) is 32.1 Å². The molecule has 2 aromatic rings. The van der Waals surface area contributed by atoms with Crippen LogP contribution in [-0.2, 0) is 14.3 Å². The predicted molar refractivity (Wildman–Crippen MR) is 112 cm³/mol. The lowest BCUT2D eigenvalue weighted by Crippen LogP contribution is -2.27. The van der Waals surface area contributed by atoms with Crippen molar-refractivity contribution in [3.8, 4) is 0 Å². The maximum atomic E-state index is 12.2. The first-order chi connectivity index (χ1) is 13.3. The Bertz CT molecular complexity index is 811. The molecule has 0 bridgehead atoms. The average molecular weight is 400 g/mol. The molecular formula is C22H25NO4S. The Morgan fingerprint density at radius 1 is 0.964 bits per heavy atom. The van der Waals surface area contributed by atoms with Gasteiger partial charge in [-0.25, -0.2) is 0 Å². The molecule has 2 rings (SSSR count). The van der Waals surface area contributed by atoms with Gasteiger partial charge in [0.15, 0.2) is 12.4 Å². The topological polar surface area (TPSA) is 72.5 Å². The molecule has 28 heavy (non-hydrogen) atoms. The quantitative estimate of drug-likeness (QED) is 0.400. The highest BCUT2D eigenvalue weighted by atomic mass is 32.2. The van der Waals surface area contributed by atoms with Crippen LogP contribution in [0.3, 0.4) is 0 Å². The molecule has 2 aromatic carbocycles. The largest absolute Gasteiger partial charge is 0.457 e. The zero-order chi connectivity index (χ0) is 20.6. The number of ketones is 1. The molecule has 6 heteroatoms. The molecule has 0 unspecified atom stereocenters. The van der Waals surface area contributed by atoms with Gasteiger partial charge in [0.2, 0.25) is 5.91 Å². The summed E-state index contributed by atoms with van der Waals surface area (Å²) in [6.45, 7) is 5.19. The third-order valence-electron chi connectivity index (χ3n) is 3.83. The van der Waals surface area contributed by atoms with Gasteiger partial charge in [0.1, 0.15) is 0 Å². The lowest BCUT2D eigenvalue weighted by molar-refractivity contribution is -0.142. The first-order valence-electron chi connectivity index (χ1n) is 9.04. The van der Waals surface area contributed by atoms with Gasteiger partial charge < -0.3 is 10.1 Å². The average Bonchev–Trinajstić information content (AvgIpc) is 2.67. The number of ether oxygens (including phenoxy) is 1. The first kappa shape index (κ1) is 21.7. The maximum absolute atomic E-state index is 12.2. The lowest BCUT2D eigenvalue weighted by Gasteiger charge is -2.17. The molecule has 0 atom stereocenters. The Balaban J connectivity index is 1.74. The Morgan fingerprint density at radius 2 is 1.61 bits per heavy atom. The Hall–Kier alpha value is -2.60. The molecule has 0 radical (unpaired) electrons. The Labute approximate surface area is 169 Å². The second-order valence-electron chi connectivity index (χ2n) is 7.28. The van der Waals surface area contributed by atoms with Crippen LogP contribution in [0.5, 0.6) is 0 Å². The van der Waals surface area contributed by atoms with E-state index in [1.807, 2.05) is 51.1 Å². The molecule has 0 aliphatic heterocycles. The zero-order valence-electron chi connectivity index (χ0n) is 16.4. The highest BCUT2D eigenvalue weighted by Crippen LogP contribution is 2.19. The van der Waals surface area contributed by atoms with Gasteiger partial charge in [0.25, 0.3) is 0 Å². The molecule has 5 nitrogen and oxygen atoms in total. The lowest BCUT2D eigenvalue weighted by atomic mass is 9.95. The molecule has 0 aromatic heterocycles. The van der Waals surface area contributed by atoms with Crippen molar-refractivity contribution in [1.29, 1.82) is 0 Å². The van der Waals surface area contributed by atoms with E-state index in [9.17, 15) is 14.4 Å². The molecule has 0 saturated heterocycles. The second kappa shape index (κ2) is 10.1. The standard InChI is InChI=1S/C22H25NO4S/c1-22(2,3)21(26)23-17-11-9-16(10-12-17)19(24)15-27-20(25)13-14-28-18-7-5-4-6-8-18/h4-12H,13-15H2,1-3H3,(H,23,26). The molecule has 0 spiro atoms. The molecule has 1 amide bonds. The van der Waals surface area contributed by atoms with Gasteiger partial charge in [-0.3, -0.25) is 14.4 Å². The van der Waals surface area contributed by atoms with Crippen LogP contribution in [0.1, 0.15) is 37.6 Å². The van der Waals surface area contributed by atoms with Gasteiger partial charge in [-0.2, -0.15) is 0 Å². The fraction of sp³-hybridized carbons (Fsp3) is 0.318. The van der Waals surface area contributed by atoms with Gasteiger partial charge in [-0.05, 0) is 36.4 Å². The number of hydrogen-bond donors (Lipinski definition) is 1. The molecule has 0 heterocycles. The number of rotatable bonds is 8. The van der Waals surface area contributed by atoms with Gasteiger partial charge >= 0.3 is 5.97 Å². The molecule has 0 aliphatic rings. The summed E-state index contributed by atoms with van der Waals surface area (Å²) in [6, 6.07) is 16.3.